The number of allylic oxidation sites excluding steroid dienone is 4. The van der Waals surface area contributed by atoms with E-state index in [1.54, 1.807) is 0 Å². The topological polar surface area (TPSA) is 42.5 Å². The standard InChI is InChI=1S/C40H48N2O2Si2/c1-7-29-45(30-8-2,43-11-5)39-25-21-37(22-26-39)41-35-17-13-33(14-18-35)34-15-19-36(20-16-34)42-38-23-27-40(28-24-38)46(31-9-3,32-10-4)44-12-6/h7-10,13-28,41-42H,1-4,11-12,29-32H2,5-6H3. The van der Waals surface area contributed by atoms with Gasteiger partial charge < -0.3 is 19.5 Å². The molecule has 4 aromatic carbocycles. The summed E-state index contributed by atoms with van der Waals surface area (Å²) in [6, 6.07) is 37.9. The Morgan fingerprint density at radius 3 is 0.957 bits per heavy atom. The number of hydrogen-bond acceptors (Lipinski definition) is 4. The van der Waals surface area contributed by atoms with Gasteiger partial charge in [0.05, 0.1) is 0 Å². The highest BCUT2D eigenvalue weighted by Gasteiger charge is 2.35. The first-order chi connectivity index (χ1) is 22.4. The minimum absolute atomic E-state index is 0.692. The molecule has 0 amide bonds. The van der Waals surface area contributed by atoms with Crippen LogP contribution in [0.15, 0.2) is 148 Å². The summed E-state index contributed by atoms with van der Waals surface area (Å²) in [5.41, 5.74) is 6.51. The number of hydrogen-bond donors (Lipinski definition) is 2. The molecule has 0 fully saturated rings. The normalized spacial score (nSPS) is 11.4. The van der Waals surface area contributed by atoms with Gasteiger partial charge in [-0.15, -0.1) is 26.3 Å². The van der Waals surface area contributed by atoms with Gasteiger partial charge in [0, 0.05) is 36.0 Å². The third kappa shape index (κ3) is 8.53. The smallest absolute Gasteiger partial charge is 0.231 e. The molecule has 0 saturated carbocycles. The van der Waals surface area contributed by atoms with Crippen molar-refractivity contribution in [1.29, 1.82) is 0 Å². The van der Waals surface area contributed by atoms with Gasteiger partial charge in [-0.1, -0.05) is 72.8 Å². The van der Waals surface area contributed by atoms with E-state index < -0.39 is 16.6 Å². The molecule has 6 heteroatoms. The zero-order valence-corrected chi connectivity index (χ0v) is 29.4. The van der Waals surface area contributed by atoms with Gasteiger partial charge in [0.1, 0.15) is 0 Å². The third-order valence-corrected chi connectivity index (χ3v) is 16.5. The largest absolute Gasteiger partial charge is 0.412 e. The molecule has 4 aromatic rings. The van der Waals surface area contributed by atoms with E-state index in [2.05, 4.69) is 148 Å². The van der Waals surface area contributed by atoms with Crippen LogP contribution < -0.4 is 21.0 Å². The van der Waals surface area contributed by atoms with Gasteiger partial charge in [0.2, 0.25) is 16.6 Å². The molecule has 0 aliphatic heterocycles. The minimum Gasteiger partial charge on any atom is -0.412 e. The first-order valence-corrected chi connectivity index (χ1v) is 20.8. The zero-order chi connectivity index (χ0) is 32.8. The van der Waals surface area contributed by atoms with Crippen molar-refractivity contribution >= 4 is 49.8 Å². The Bertz CT molecular complexity index is 1420. The van der Waals surface area contributed by atoms with E-state index in [-0.39, 0.29) is 0 Å². The summed E-state index contributed by atoms with van der Waals surface area (Å²) >= 11 is 0. The Morgan fingerprint density at radius 2 is 0.717 bits per heavy atom. The molecule has 0 aliphatic rings. The summed E-state index contributed by atoms with van der Waals surface area (Å²) in [6.07, 6.45) is 7.92. The first kappa shape index (κ1) is 34.7. The van der Waals surface area contributed by atoms with Crippen LogP contribution >= 0.6 is 0 Å². The maximum absolute atomic E-state index is 6.35. The maximum atomic E-state index is 6.35. The monoisotopic (exact) mass is 644 g/mol. The molecular weight excluding hydrogens is 597 g/mol. The maximum Gasteiger partial charge on any atom is 0.231 e. The quantitative estimate of drug-likeness (QED) is 0.0788. The van der Waals surface area contributed by atoms with Gasteiger partial charge in [-0.3, -0.25) is 0 Å². The summed E-state index contributed by atoms with van der Waals surface area (Å²) < 4.78 is 12.7. The van der Waals surface area contributed by atoms with Crippen molar-refractivity contribution in [3.05, 3.63) is 148 Å². The Balaban J connectivity index is 1.40. The van der Waals surface area contributed by atoms with Crippen LogP contribution in [0.4, 0.5) is 22.7 Å². The fourth-order valence-electron chi connectivity index (χ4n) is 6.07. The minimum atomic E-state index is -2.15. The van der Waals surface area contributed by atoms with E-state index >= 15 is 0 Å². The van der Waals surface area contributed by atoms with Crippen LogP contribution in [-0.2, 0) is 8.85 Å². The van der Waals surface area contributed by atoms with Crippen LogP contribution in [0.2, 0.25) is 24.2 Å². The van der Waals surface area contributed by atoms with E-state index in [9.17, 15) is 0 Å². The van der Waals surface area contributed by atoms with Crippen LogP contribution in [0.5, 0.6) is 0 Å². The fourth-order valence-corrected chi connectivity index (χ4v) is 12.7. The molecular formula is C40H48N2O2Si2. The van der Waals surface area contributed by atoms with E-state index in [1.807, 2.05) is 24.3 Å². The molecule has 4 nitrogen and oxygen atoms in total. The van der Waals surface area contributed by atoms with E-state index in [1.165, 1.54) is 21.5 Å². The summed E-state index contributed by atoms with van der Waals surface area (Å²) in [5, 5.41) is 9.61. The summed E-state index contributed by atoms with van der Waals surface area (Å²) in [4.78, 5) is 0. The zero-order valence-electron chi connectivity index (χ0n) is 27.4. The summed E-state index contributed by atoms with van der Waals surface area (Å²) in [6.45, 7) is 21.4. The van der Waals surface area contributed by atoms with E-state index in [0.717, 1.165) is 46.9 Å². The molecule has 0 bridgehead atoms. The highest BCUT2D eigenvalue weighted by molar-refractivity contribution is 6.87. The van der Waals surface area contributed by atoms with Gasteiger partial charge in [-0.2, -0.15) is 0 Å². The van der Waals surface area contributed by atoms with Crippen molar-refractivity contribution < 1.29 is 8.85 Å². The number of anilines is 4. The van der Waals surface area contributed by atoms with Gasteiger partial charge in [0.25, 0.3) is 0 Å². The lowest BCUT2D eigenvalue weighted by Gasteiger charge is -2.29. The highest BCUT2D eigenvalue weighted by atomic mass is 28.4. The summed E-state index contributed by atoms with van der Waals surface area (Å²) in [5.74, 6) is 0. The molecule has 0 spiro atoms. The van der Waals surface area contributed by atoms with Crippen LogP contribution in [0, 0.1) is 0 Å². The number of benzene rings is 4. The van der Waals surface area contributed by atoms with Crippen molar-refractivity contribution in [1.82, 2.24) is 0 Å². The third-order valence-electron chi connectivity index (χ3n) is 8.24. The Hall–Kier alpha value is -4.21. The molecule has 0 radical (unpaired) electrons. The van der Waals surface area contributed by atoms with Crippen molar-refractivity contribution in [3.63, 3.8) is 0 Å². The van der Waals surface area contributed by atoms with Gasteiger partial charge in [-0.25, -0.2) is 0 Å². The average molecular weight is 645 g/mol. The second-order valence-electron chi connectivity index (χ2n) is 11.4. The van der Waals surface area contributed by atoms with Crippen molar-refractivity contribution in [2.75, 3.05) is 23.8 Å². The van der Waals surface area contributed by atoms with Gasteiger partial charge >= 0.3 is 0 Å². The molecule has 0 aromatic heterocycles. The second kappa shape index (κ2) is 16.9. The Kier molecular flexibility index (Phi) is 12.7. The van der Waals surface area contributed by atoms with Crippen molar-refractivity contribution in [2.24, 2.45) is 0 Å². The van der Waals surface area contributed by atoms with Gasteiger partial charge in [0.15, 0.2) is 0 Å². The molecule has 0 atom stereocenters. The molecule has 2 N–H and O–H groups in total. The first-order valence-electron chi connectivity index (χ1n) is 16.1. The SMILES string of the molecule is C=CC[Si](CC=C)(OCC)c1ccc(Nc2ccc(-c3ccc(Nc4ccc([Si](CC=C)(CC=C)OCC)cc4)cc3)cc2)cc1. The fraction of sp³-hybridized carbons (Fsp3) is 0.200. The van der Waals surface area contributed by atoms with Crippen LogP contribution in [0.3, 0.4) is 0 Å². The molecule has 0 unspecified atom stereocenters. The lowest BCUT2D eigenvalue weighted by Crippen LogP contribution is -2.50. The highest BCUT2D eigenvalue weighted by Crippen LogP contribution is 2.27. The number of nitrogens with one attached hydrogen (secondary N) is 2. The van der Waals surface area contributed by atoms with E-state index in [4.69, 9.17) is 8.85 Å². The molecule has 238 valence electrons. The van der Waals surface area contributed by atoms with E-state index in [0.29, 0.717) is 13.2 Å². The molecule has 0 heterocycles. The summed E-state index contributed by atoms with van der Waals surface area (Å²) in [7, 11) is -4.31. The Labute approximate surface area is 278 Å². The van der Waals surface area contributed by atoms with Gasteiger partial charge in [-0.05, 0) is 108 Å². The van der Waals surface area contributed by atoms with Crippen LogP contribution in [0.25, 0.3) is 11.1 Å². The van der Waals surface area contributed by atoms with Crippen LogP contribution in [-0.4, -0.2) is 29.8 Å². The lowest BCUT2D eigenvalue weighted by molar-refractivity contribution is 0.333. The second-order valence-corrected chi connectivity index (χ2v) is 18.7. The lowest BCUT2D eigenvalue weighted by atomic mass is 10.0. The Morgan fingerprint density at radius 1 is 0.457 bits per heavy atom. The molecule has 0 saturated heterocycles. The predicted molar refractivity (Wildman–Crippen MR) is 205 cm³/mol. The molecule has 0 aliphatic carbocycles. The van der Waals surface area contributed by atoms with Crippen LogP contribution in [0.1, 0.15) is 13.8 Å². The predicted octanol–water partition coefficient (Wildman–Crippen LogP) is 9.96. The average Bonchev–Trinajstić information content (AvgIpc) is 3.07. The molecule has 4 rings (SSSR count). The molecule has 46 heavy (non-hydrogen) atoms. The van der Waals surface area contributed by atoms with Crippen molar-refractivity contribution in [2.45, 2.75) is 38.0 Å². The number of rotatable bonds is 19. The van der Waals surface area contributed by atoms with Crippen molar-refractivity contribution in [3.8, 4) is 11.1 Å².